The lowest BCUT2D eigenvalue weighted by molar-refractivity contribution is 0.0928. The summed E-state index contributed by atoms with van der Waals surface area (Å²) in [7, 11) is 3.85. The van der Waals surface area contributed by atoms with Crippen molar-refractivity contribution in [1.82, 2.24) is 10.3 Å². The summed E-state index contributed by atoms with van der Waals surface area (Å²) in [5.74, 6) is 0.825. The predicted octanol–water partition coefficient (Wildman–Crippen LogP) is 2.55. The van der Waals surface area contributed by atoms with Gasteiger partial charge < -0.3 is 10.2 Å². The normalized spacial score (nSPS) is 22.4. The standard InChI is InChI=1S/C15H23N3OS/c1-18(2)14-9-11(7-8-16-14)15(19)17-12-5-4-6-13(10-12)20-3/h7-9,12-13H,4-6,10H2,1-3H3,(H,17,19)/t12-,13-/m1/s1. The third-order valence-corrected chi connectivity index (χ3v) is 4.86. The monoisotopic (exact) mass is 293 g/mol. The number of rotatable bonds is 4. The average Bonchev–Trinajstić information content (AvgIpc) is 2.47. The molecular formula is C15H23N3OS. The second-order valence-corrected chi connectivity index (χ2v) is 6.63. The van der Waals surface area contributed by atoms with E-state index in [9.17, 15) is 4.79 Å². The number of carbonyl (C=O) groups excluding carboxylic acids is 1. The molecular weight excluding hydrogens is 270 g/mol. The lowest BCUT2D eigenvalue weighted by atomic mass is 9.94. The molecule has 1 heterocycles. The van der Waals surface area contributed by atoms with Crippen molar-refractivity contribution in [2.45, 2.75) is 37.0 Å². The fourth-order valence-corrected chi connectivity index (χ4v) is 3.39. The van der Waals surface area contributed by atoms with E-state index in [-0.39, 0.29) is 5.91 Å². The highest BCUT2D eigenvalue weighted by Gasteiger charge is 2.23. The molecule has 4 nitrogen and oxygen atoms in total. The van der Waals surface area contributed by atoms with Crippen molar-refractivity contribution in [3.05, 3.63) is 23.9 Å². The molecule has 0 aromatic carbocycles. The molecule has 1 aliphatic carbocycles. The van der Waals surface area contributed by atoms with Crippen LogP contribution in [0.15, 0.2) is 18.3 Å². The van der Waals surface area contributed by atoms with E-state index in [1.807, 2.05) is 36.8 Å². The van der Waals surface area contributed by atoms with Crippen LogP contribution < -0.4 is 10.2 Å². The maximum atomic E-state index is 12.3. The van der Waals surface area contributed by atoms with Crippen molar-refractivity contribution >= 4 is 23.5 Å². The van der Waals surface area contributed by atoms with Crippen LogP contribution in [0.3, 0.4) is 0 Å². The highest BCUT2D eigenvalue weighted by Crippen LogP contribution is 2.27. The Balaban J connectivity index is 1.99. The number of anilines is 1. The van der Waals surface area contributed by atoms with E-state index in [1.54, 1.807) is 12.3 Å². The van der Waals surface area contributed by atoms with Gasteiger partial charge in [0.15, 0.2) is 0 Å². The van der Waals surface area contributed by atoms with Gasteiger partial charge in [-0.15, -0.1) is 0 Å². The van der Waals surface area contributed by atoms with Gasteiger partial charge in [0.05, 0.1) is 0 Å². The second-order valence-electron chi connectivity index (χ2n) is 5.49. The summed E-state index contributed by atoms with van der Waals surface area (Å²) in [6.07, 6.45) is 8.49. The van der Waals surface area contributed by atoms with Gasteiger partial charge in [-0.3, -0.25) is 4.79 Å². The van der Waals surface area contributed by atoms with Crippen molar-refractivity contribution < 1.29 is 4.79 Å². The molecule has 0 radical (unpaired) electrons. The van der Waals surface area contributed by atoms with Crippen molar-refractivity contribution in [3.8, 4) is 0 Å². The smallest absolute Gasteiger partial charge is 0.251 e. The Labute approximate surface area is 125 Å². The number of pyridine rings is 1. The molecule has 1 aromatic rings. The Hall–Kier alpha value is -1.23. The molecule has 0 spiro atoms. The summed E-state index contributed by atoms with van der Waals surface area (Å²) >= 11 is 1.91. The number of thioether (sulfide) groups is 1. The molecule has 0 aliphatic heterocycles. The summed E-state index contributed by atoms with van der Waals surface area (Å²) in [5.41, 5.74) is 0.690. The van der Waals surface area contributed by atoms with E-state index >= 15 is 0 Å². The number of amides is 1. The Bertz CT molecular complexity index is 464. The minimum absolute atomic E-state index is 0.0160. The first-order valence-corrected chi connectivity index (χ1v) is 8.36. The molecule has 0 bridgehead atoms. The van der Waals surface area contributed by atoms with Gasteiger partial charge in [-0.05, 0) is 37.7 Å². The number of carbonyl (C=O) groups is 1. The zero-order valence-corrected chi connectivity index (χ0v) is 13.2. The van der Waals surface area contributed by atoms with Crippen molar-refractivity contribution in [1.29, 1.82) is 0 Å². The van der Waals surface area contributed by atoms with Gasteiger partial charge in [0.1, 0.15) is 5.82 Å². The van der Waals surface area contributed by atoms with Crippen molar-refractivity contribution in [2.75, 3.05) is 25.3 Å². The van der Waals surface area contributed by atoms with Gasteiger partial charge in [-0.1, -0.05) is 6.42 Å². The van der Waals surface area contributed by atoms with Crippen LogP contribution in [0.4, 0.5) is 5.82 Å². The maximum Gasteiger partial charge on any atom is 0.251 e. The number of hydrogen-bond acceptors (Lipinski definition) is 4. The summed E-state index contributed by atoms with van der Waals surface area (Å²) in [4.78, 5) is 18.5. The number of nitrogens with one attached hydrogen (secondary N) is 1. The van der Waals surface area contributed by atoms with Crippen LogP contribution in [0, 0.1) is 0 Å². The van der Waals surface area contributed by atoms with Crippen LogP contribution in [0.5, 0.6) is 0 Å². The summed E-state index contributed by atoms with van der Waals surface area (Å²) in [5, 5.41) is 3.85. The van der Waals surface area contributed by atoms with Gasteiger partial charge in [-0.25, -0.2) is 4.98 Å². The molecule has 5 heteroatoms. The van der Waals surface area contributed by atoms with Crippen LogP contribution in [0.25, 0.3) is 0 Å². The fourth-order valence-electron chi connectivity index (χ4n) is 2.56. The van der Waals surface area contributed by atoms with Crippen molar-refractivity contribution in [3.63, 3.8) is 0 Å². The van der Waals surface area contributed by atoms with Gasteiger partial charge in [0.25, 0.3) is 5.91 Å². The lowest BCUT2D eigenvalue weighted by Gasteiger charge is -2.28. The van der Waals surface area contributed by atoms with E-state index < -0.39 is 0 Å². The first-order valence-electron chi connectivity index (χ1n) is 7.07. The molecule has 1 aliphatic rings. The molecule has 2 rings (SSSR count). The van der Waals surface area contributed by atoms with Crippen molar-refractivity contribution in [2.24, 2.45) is 0 Å². The lowest BCUT2D eigenvalue weighted by Crippen LogP contribution is -2.39. The van der Waals surface area contributed by atoms with Gasteiger partial charge in [-0.2, -0.15) is 11.8 Å². The first-order chi connectivity index (χ1) is 9.60. The quantitative estimate of drug-likeness (QED) is 0.926. The van der Waals surface area contributed by atoms with E-state index in [2.05, 4.69) is 16.6 Å². The zero-order chi connectivity index (χ0) is 14.5. The predicted molar refractivity (Wildman–Crippen MR) is 85.6 cm³/mol. The highest BCUT2D eigenvalue weighted by atomic mass is 32.2. The third kappa shape index (κ3) is 3.88. The van der Waals surface area contributed by atoms with Crippen LogP contribution >= 0.6 is 11.8 Å². The molecule has 1 fully saturated rings. The molecule has 0 unspecified atom stereocenters. The zero-order valence-electron chi connectivity index (χ0n) is 12.4. The second kappa shape index (κ2) is 6.97. The fraction of sp³-hybridized carbons (Fsp3) is 0.600. The molecule has 0 saturated heterocycles. The van der Waals surface area contributed by atoms with Crippen LogP contribution in [0.1, 0.15) is 36.0 Å². The SMILES string of the molecule is CS[C@@H]1CCC[C@@H](NC(=O)c2ccnc(N(C)C)c2)C1. The van der Waals surface area contributed by atoms with Crippen LogP contribution in [-0.2, 0) is 0 Å². The van der Waals surface area contributed by atoms with E-state index in [0.29, 0.717) is 16.9 Å². The molecule has 1 N–H and O–H groups in total. The molecule has 110 valence electrons. The van der Waals surface area contributed by atoms with Gasteiger partial charge in [0.2, 0.25) is 0 Å². The highest BCUT2D eigenvalue weighted by molar-refractivity contribution is 7.99. The minimum atomic E-state index is 0.0160. The summed E-state index contributed by atoms with van der Waals surface area (Å²) < 4.78 is 0. The Morgan fingerprint density at radius 3 is 2.95 bits per heavy atom. The van der Waals surface area contributed by atoms with Crippen LogP contribution in [-0.4, -0.2) is 42.5 Å². The Kier molecular flexibility index (Phi) is 5.29. The topological polar surface area (TPSA) is 45.2 Å². The van der Waals surface area contributed by atoms with Gasteiger partial charge in [0, 0.05) is 37.1 Å². The van der Waals surface area contributed by atoms with E-state index in [4.69, 9.17) is 0 Å². The van der Waals surface area contributed by atoms with E-state index in [0.717, 1.165) is 18.7 Å². The molecule has 1 amide bonds. The van der Waals surface area contributed by atoms with E-state index in [1.165, 1.54) is 12.8 Å². The molecule has 2 atom stereocenters. The summed E-state index contributed by atoms with van der Waals surface area (Å²) in [6, 6.07) is 3.92. The number of aromatic nitrogens is 1. The van der Waals surface area contributed by atoms with Gasteiger partial charge >= 0.3 is 0 Å². The number of nitrogens with zero attached hydrogens (tertiary/aromatic N) is 2. The summed E-state index contributed by atoms with van der Waals surface area (Å²) in [6.45, 7) is 0. The first kappa shape index (κ1) is 15.2. The molecule has 20 heavy (non-hydrogen) atoms. The maximum absolute atomic E-state index is 12.3. The third-order valence-electron chi connectivity index (χ3n) is 3.76. The Morgan fingerprint density at radius 1 is 1.45 bits per heavy atom. The Morgan fingerprint density at radius 2 is 2.25 bits per heavy atom. The average molecular weight is 293 g/mol. The molecule has 1 saturated carbocycles. The minimum Gasteiger partial charge on any atom is -0.363 e. The number of hydrogen-bond donors (Lipinski definition) is 1. The largest absolute Gasteiger partial charge is 0.363 e. The van der Waals surface area contributed by atoms with Crippen LogP contribution in [0.2, 0.25) is 0 Å². The molecule has 1 aromatic heterocycles.